The van der Waals surface area contributed by atoms with Crippen LogP contribution in [0.5, 0.6) is 11.5 Å². The van der Waals surface area contributed by atoms with Gasteiger partial charge in [0.05, 0.1) is 6.61 Å². The molecule has 1 fully saturated rings. The predicted molar refractivity (Wildman–Crippen MR) is 103 cm³/mol. The van der Waals surface area contributed by atoms with Gasteiger partial charge in [-0.2, -0.15) is 11.3 Å². The summed E-state index contributed by atoms with van der Waals surface area (Å²) in [7, 11) is 0. The van der Waals surface area contributed by atoms with E-state index >= 15 is 0 Å². The van der Waals surface area contributed by atoms with Crippen molar-refractivity contribution in [3.05, 3.63) is 46.2 Å². The molecule has 1 aromatic carbocycles. The molecule has 3 rings (SSSR count). The van der Waals surface area contributed by atoms with Crippen molar-refractivity contribution in [2.45, 2.75) is 25.7 Å². The molecule has 2 heterocycles. The molecular weight excluding hydrogens is 366 g/mol. The van der Waals surface area contributed by atoms with Gasteiger partial charge in [0.2, 0.25) is 0 Å². The molecule has 1 amide bonds. The third-order valence-electron chi connectivity index (χ3n) is 4.64. The number of piperidine rings is 1. The molecule has 144 valence electrons. The maximum Gasteiger partial charge on any atom is 0.341 e. The molecule has 0 bridgehead atoms. The highest BCUT2D eigenvalue weighted by molar-refractivity contribution is 7.07. The highest BCUT2D eigenvalue weighted by Gasteiger charge is 2.25. The third kappa shape index (κ3) is 4.80. The molecule has 6 nitrogen and oxygen atoms in total. The summed E-state index contributed by atoms with van der Waals surface area (Å²) in [5.41, 5.74) is 1.89. The number of amides is 1. The van der Waals surface area contributed by atoms with Crippen molar-refractivity contribution < 1.29 is 24.2 Å². The summed E-state index contributed by atoms with van der Waals surface area (Å²) < 4.78 is 10.8. The molecule has 0 saturated carbocycles. The van der Waals surface area contributed by atoms with E-state index in [1.165, 1.54) is 5.56 Å². The van der Waals surface area contributed by atoms with E-state index in [1.807, 2.05) is 11.8 Å². The number of hydrogen-bond donors (Lipinski definition) is 1. The van der Waals surface area contributed by atoms with Gasteiger partial charge < -0.3 is 19.5 Å². The lowest BCUT2D eigenvalue weighted by Gasteiger charge is -2.32. The van der Waals surface area contributed by atoms with Crippen molar-refractivity contribution in [3.63, 3.8) is 0 Å². The Labute approximate surface area is 162 Å². The van der Waals surface area contributed by atoms with E-state index in [2.05, 4.69) is 16.8 Å². The van der Waals surface area contributed by atoms with Gasteiger partial charge in [0.15, 0.2) is 18.1 Å². The zero-order chi connectivity index (χ0) is 19.2. The fourth-order valence-corrected chi connectivity index (χ4v) is 4.02. The Morgan fingerprint density at radius 3 is 2.59 bits per heavy atom. The number of carbonyl (C=O) groups is 2. The van der Waals surface area contributed by atoms with Crippen molar-refractivity contribution in [1.82, 2.24) is 4.90 Å². The number of benzene rings is 1. The van der Waals surface area contributed by atoms with Crippen LogP contribution in [-0.2, 0) is 4.79 Å². The lowest BCUT2D eigenvalue weighted by atomic mass is 9.91. The van der Waals surface area contributed by atoms with Crippen LogP contribution in [0.2, 0.25) is 0 Å². The van der Waals surface area contributed by atoms with Crippen LogP contribution in [0.4, 0.5) is 0 Å². The van der Waals surface area contributed by atoms with E-state index in [1.54, 1.807) is 29.5 Å². The largest absolute Gasteiger partial charge is 0.490 e. The first-order valence-corrected chi connectivity index (χ1v) is 9.95. The van der Waals surface area contributed by atoms with Gasteiger partial charge in [-0.05, 0) is 66.3 Å². The molecular formula is C20H23NO5S. The molecule has 27 heavy (non-hydrogen) atoms. The highest BCUT2D eigenvalue weighted by Crippen LogP contribution is 2.32. The Morgan fingerprint density at radius 1 is 1.19 bits per heavy atom. The summed E-state index contributed by atoms with van der Waals surface area (Å²) in [6.45, 7) is 3.21. The number of likely N-dealkylation sites (tertiary alicyclic amines) is 1. The van der Waals surface area contributed by atoms with E-state index in [9.17, 15) is 9.59 Å². The van der Waals surface area contributed by atoms with E-state index < -0.39 is 12.6 Å². The number of aliphatic carboxylic acids is 1. The van der Waals surface area contributed by atoms with Gasteiger partial charge in [0.25, 0.3) is 5.91 Å². The summed E-state index contributed by atoms with van der Waals surface area (Å²) >= 11 is 1.71. The van der Waals surface area contributed by atoms with Gasteiger partial charge in [-0.25, -0.2) is 4.79 Å². The van der Waals surface area contributed by atoms with E-state index in [0.29, 0.717) is 29.6 Å². The molecule has 2 aromatic rings. The molecule has 0 radical (unpaired) electrons. The van der Waals surface area contributed by atoms with Crippen LogP contribution in [0, 0.1) is 0 Å². The zero-order valence-corrected chi connectivity index (χ0v) is 16.0. The van der Waals surface area contributed by atoms with Crippen molar-refractivity contribution >= 4 is 23.2 Å². The molecule has 0 unspecified atom stereocenters. The Hall–Kier alpha value is -2.54. The molecule has 0 spiro atoms. The average Bonchev–Trinajstić information content (AvgIpc) is 3.21. The second-order valence-electron chi connectivity index (χ2n) is 6.40. The van der Waals surface area contributed by atoms with Crippen molar-refractivity contribution in [2.24, 2.45) is 0 Å². The number of rotatable bonds is 7. The SMILES string of the molecule is CCOc1cc(C(=O)N2CCC(c3ccsc3)CC2)ccc1OCC(=O)O. The van der Waals surface area contributed by atoms with Gasteiger partial charge in [-0.15, -0.1) is 0 Å². The van der Waals surface area contributed by atoms with Gasteiger partial charge in [-0.3, -0.25) is 4.79 Å². The van der Waals surface area contributed by atoms with Crippen molar-refractivity contribution in [3.8, 4) is 11.5 Å². The zero-order valence-electron chi connectivity index (χ0n) is 15.2. The first kappa shape index (κ1) is 19.2. The lowest BCUT2D eigenvalue weighted by Crippen LogP contribution is -2.37. The van der Waals surface area contributed by atoms with Gasteiger partial charge in [0.1, 0.15) is 0 Å². The van der Waals surface area contributed by atoms with E-state index in [4.69, 9.17) is 14.6 Å². The first-order valence-electron chi connectivity index (χ1n) is 9.01. The van der Waals surface area contributed by atoms with Crippen LogP contribution in [0.1, 0.15) is 41.6 Å². The number of carboxylic acids is 1. The number of ether oxygens (including phenoxy) is 2. The van der Waals surface area contributed by atoms with Crippen LogP contribution >= 0.6 is 11.3 Å². The topological polar surface area (TPSA) is 76.1 Å². The fraction of sp³-hybridized carbons (Fsp3) is 0.400. The fourth-order valence-electron chi connectivity index (χ4n) is 3.27. The smallest absolute Gasteiger partial charge is 0.341 e. The van der Waals surface area contributed by atoms with E-state index in [-0.39, 0.29) is 5.91 Å². The number of thiophene rings is 1. The Kier molecular flexibility index (Phi) is 6.34. The van der Waals surface area contributed by atoms with Gasteiger partial charge in [-0.1, -0.05) is 0 Å². The molecule has 1 N–H and O–H groups in total. The number of carbonyl (C=O) groups excluding carboxylic acids is 1. The number of hydrogen-bond acceptors (Lipinski definition) is 5. The summed E-state index contributed by atoms with van der Waals surface area (Å²) in [4.78, 5) is 25.4. The number of carboxylic acid groups (broad SMARTS) is 1. The molecule has 0 aliphatic carbocycles. The highest BCUT2D eigenvalue weighted by atomic mass is 32.1. The van der Waals surface area contributed by atoms with Crippen LogP contribution in [0.3, 0.4) is 0 Å². The quantitative estimate of drug-likeness (QED) is 0.783. The summed E-state index contributed by atoms with van der Waals surface area (Å²) in [6.07, 6.45) is 1.92. The minimum absolute atomic E-state index is 0.0375. The van der Waals surface area contributed by atoms with Gasteiger partial charge in [0, 0.05) is 18.7 Å². The van der Waals surface area contributed by atoms with Crippen LogP contribution in [0.25, 0.3) is 0 Å². The summed E-state index contributed by atoms with van der Waals surface area (Å²) in [6, 6.07) is 7.05. The second kappa shape index (κ2) is 8.90. The molecule has 0 atom stereocenters. The van der Waals surface area contributed by atoms with Crippen molar-refractivity contribution in [2.75, 3.05) is 26.3 Å². The minimum atomic E-state index is -1.06. The van der Waals surface area contributed by atoms with E-state index in [0.717, 1.165) is 25.9 Å². The monoisotopic (exact) mass is 389 g/mol. The number of nitrogens with zero attached hydrogens (tertiary/aromatic N) is 1. The maximum absolute atomic E-state index is 12.9. The molecule has 1 aliphatic rings. The molecule has 1 aromatic heterocycles. The first-order chi connectivity index (χ1) is 13.1. The van der Waals surface area contributed by atoms with Crippen LogP contribution in [0.15, 0.2) is 35.0 Å². The summed E-state index contributed by atoms with van der Waals surface area (Å²) in [5.74, 6) is 0.131. The van der Waals surface area contributed by atoms with Crippen LogP contribution in [-0.4, -0.2) is 48.2 Å². The average molecular weight is 389 g/mol. The van der Waals surface area contributed by atoms with Crippen LogP contribution < -0.4 is 9.47 Å². The lowest BCUT2D eigenvalue weighted by molar-refractivity contribution is -0.139. The van der Waals surface area contributed by atoms with Gasteiger partial charge >= 0.3 is 5.97 Å². The Bertz CT molecular complexity index is 782. The second-order valence-corrected chi connectivity index (χ2v) is 7.18. The molecule has 1 aliphatic heterocycles. The van der Waals surface area contributed by atoms with Crippen molar-refractivity contribution in [1.29, 1.82) is 0 Å². The standard InChI is InChI=1S/C20H23NO5S/c1-2-25-18-11-15(3-4-17(18)26-12-19(22)23)20(24)21-8-5-14(6-9-21)16-7-10-27-13-16/h3-4,7,10-11,13-14H,2,5-6,8-9,12H2,1H3,(H,22,23). The maximum atomic E-state index is 12.9. The molecule has 1 saturated heterocycles. The normalized spacial score (nSPS) is 14.8. The minimum Gasteiger partial charge on any atom is -0.490 e. The predicted octanol–water partition coefficient (Wildman–Crippen LogP) is 3.63. The summed E-state index contributed by atoms with van der Waals surface area (Å²) in [5, 5.41) is 13.1. The molecule has 7 heteroatoms. The third-order valence-corrected chi connectivity index (χ3v) is 5.34. The Balaban J connectivity index is 1.67. The Morgan fingerprint density at radius 2 is 1.96 bits per heavy atom.